The Labute approximate surface area is 101 Å². The van der Waals surface area contributed by atoms with Crippen molar-refractivity contribution in [2.75, 3.05) is 18.6 Å². The third-order valence-electron chi connectivity index (χ3n) is 2.75. The van der Waals surface area contributed by atoms with Gasteiger partial charge in [0.25, 0.3) is 0 Å². The molecule has 0 aromatic heterocycles. The van der Waals surface area contributed by atoms with Gasteiger partial charge in [-0.2, -0.15) is 0 Å². The first-order valence-electron chi connectivity index (χ1n) is 5.48. The Kier molecular flexibility index (Phi) is 4.13. The molecule has 0 aliphatic carbocycles. The average molecular weight is 262 g/mol. The maximum atomic E-state index is 11.9. The van der Waals surface area contributed by atoms with Crippen molar-refractivity contribution in [3.05, 3.63) is 0 Å². The number of carbonyl (C=O) groups is 2. The number of nitrogens with one attached hydrogen (secondary N) is 1. The SMILES string of the molecule is CC1NC(=O)CC(C)N(CCS(C)(=O)=O)C1=O. The van der Waals surface area contributed by atoms with E-state index in [-0.39, 0.29) is 36.6 Å². The molecule has 1 aliphatic heterocycles. The summed E-state index contributed by atoms with van der Waals surface area (Å²) in [4.78, 5) is 24.8. The molecule has 0 spiro atoms. The third-order valence-corrected chi connectivity index (χ3v) is 3.67. The molecule has 0 aromatic carbocycles. The lowest BCUT2D eigenvalue weighted by Crippen LogP contribution is -2.46. The normalized spacial score (nSPS) is 26.6. The molecule has 0 aromatic rings. The van der Waals surface area contributed by atoms with Gasteiger partial charge in [0.1, 0.15) is 15.9 Å². The highest BCUT2D eigenvalue weighted by Crippen LogP contribution is 2.11. The van der Waals surface area contributed by atoms with Crippen LogP contribution in [0.1, 0.15) is 20.3 Å². The van der Waals surface area contributed by atoms with Crippen LogP contribution in [0, 0.1) is 0 Å². The van der Waals surface area contributed by atoms with E-state index in [4.69, 9.17) is 0 Å². The van der Waals surface area contributed by atoms with Crippen LogP contribution in [0.5, 0.6) is 0 Å². The van der Waals surface area contributed by atoms with Gasteiger partial charge in [0.05, 0.1) is 5.75 Å². The zero-order valence-electron chi connectivity index (χ0n) is 10.3. The van der Waals surface area contributed by atoms with E-state index < -0.39 is 15.9 Å². The summed E-state index contributed by atoms with van der Waals surface area (Å²) in [5, 5.41) is 2.57. The molecule has 2 amide bonds. The van der Waals surface area contributed by atoms with Crippen LogP contribution in [0.25, 0.3) is 0 Å². The predicted molar refractivity (Wildman–Crippen MR) is 63.1 cm³/mol. The number of sulfone groups is 1. The molecule has 1 heterocycles. The van der Waals surface area contributed by atoms with Gasteiger partial charge in [-0.15, -0.1) is 0 Å². The number of hydrogen-bond donors (Lipinski definition) is 1. The molecular weight excluding hydrogens is 244 g/mol. The highest BCUT2D eigenvalue weighted by molar-refractivity contribution is 7.90. The summed E-state index contributed by atoms with van der Waals surface area (Å²) in [7, 11) is -3.11. The van der Waals surface area contributed by atoms with E-state index in [1.807, 2.05) is 0 Å². The summed E-state index contributed by atoms with van der Waals surface area (Å²) in [5.41, 5.74) is 0. The smallest absolute Gasteiger partial charge is 0.245 e. The fourth-order valence-corrected chi connectivity index (χ4v) is 2.33. The maximum Gasteiger partial charge on any atom is 0.245 e. The summed E-state index contributed by atoms with van der Waals surface area (Å²) in [5.74, 6) is -0.489. The van der Waals surface area contributed by atoms with Gasteiger partial charge in [0.2, 0.25) is 11.8 Å². The lowest BCUT2D eigenvalue weighted by Gasteiger charge is -2.27. The van der Waals surface area contributed by atoms with E-state index in [2.05, 4.69) is 5.32 Å². The van der Waals surface area contributed by atoms with Crippen molar-refractivity contribution in [3.63, 3.8) is 0 Å². The lowest BCUT2D eigenvalue weighted by atomic mass is 10.2. The Hall–Kier alpha value is -1.11. The van der Waals surface area contributed by atoms with Crippen LogP contribution >= 0.6 is 0 Å². The van der Waals surface area contributed by atoms with Crippen LogP contribution in [0.4, 0.5) is 0 Å². The number of amides is 2. The molecule has 0 saturated carbocycles. The van der Waals surface area contributed by atoms with Crippen molar-refractivity contribution in [1.29, 1.82) is 0 Å². The highest BCUT2D eigenvalue weighted by Gasteiger charge is 2.31. The molecule has 7 heteroatoms. The Morgan fingerprint density at radius 3 is 2.47 bits per heavy atom. The van der Waals surface area contributed by atoms with Gasteiger partial charge in [0.15, 0.2) is 0 Å². The van der Waals surface area contributed by atoms with Gasteiger partial charge >= 0.3 is 0 Å². The van der Waals surface area contributed by atoms with Crippen LogP contribution in [-0.2, 0) is 19.4 Å². The first-order valence-corrected chi connectivity index (χ1v) is 7.54. The molecule has 1 fully saturated rings. The fraction of sp³-hybridized carbons (Fsp3) is 0.800. The quantitative estimate of drug-likeness (QED) is 0.718. The molecule has 1 rings (SSSR count). The van der Waals surface area contributed by atoms with Crippen molar-refractivity contribution >= 4 is 21.7 Å². The van der Waals surface area contributed by atoms with E-state index >= 15 is 0 Å². The second-order valence-corrected chi connectivity index (χ2v) is 6.76. The first-order chi connectivity index (χ1) is 7.70. The van der Waals surface area contributed by atoms with Crippen LogP contribution in [-0.4, -0.2) is 55.8 Å². The minimum absolute atomic E-state index is 0.0794. The van der Waals surface area contributed by atoms with E-state index in [0.717, 1.165) is 6.26 Å². The van der Waals surface area contributed by atoms with Gasteiger partial charge in [-0.05, 0) is 13.8 Å². The number of nitrogens with zero attached hydrogens (tertiary/aromatic N) is 1. The second-order valence-electron chi connectivity index (χ2n) is 4.50. The van der Waals surface area contributed by atoms with Crippen molar-refractivity contribution in [3.8, 4) is 0 Å². The molecule has 1 aliphatic rings. The van der Waals surface area contributed by atoms with Crippen molar-refractivity contribution in [2.45, 2.75) is 32.4 Å². The van der Waals surface area contributed by atoms with Crippen LogP contribution in [0.3, 0.4) is 0 Å². The first kappa shape index (κ1) is 14.0. The van der Waals surface area contributed by atoms with E-state index in [0.29, 0.717) is 0 Å². The van der Waals surface area contributed by atoms with E-state index in [1.54, 1.807) is 13.8 Å². The molecule has 6 nitrogen and oxygen atoms in total. The largest absolute Gasteiger partial charge is 0.345 e. The van der Waals surface area contributed by atoms with E-state index in [9.17, 15) is 18.0 Å². The number of hydrogen-bond acceptors (Lipinski definition) is 4. The van der Waals surface area contributed by atoms with Crippen molar-refractivity contribution in [1.82, 2.24) is 10.2 Å². The summed E-state index contributed by atoms with van der Waals surface area (Å²) in [6.07, 6.45) is 1.34. The van der Waals surface area contributed by atoms with Gasteiger partial charge < -0.3 is 10.2 Å². The van der Waals surface area contributed by atoms with Gasteiger partial charge in [0, 0.05) is 25.3 Å². The molecule has 17 heavy (non-hydrogen) atoms. The monoisotopic (exact) mass is 262 g/mol. The summed E-state index contributed by atoms with van der Waals surface area (Å²) in [6, 6.07) is -0.860. The topological polar surface area (TPSA) is 83.6 Å². The van der Waals surface area contributed by atoms with Gasteiger partial charge in [-0.25, -0.2) is 8.42 Å². The summed E-state index contributed by atoms with van der Waals surface area (Å²) < 4.78 is 22.2. The van der Waals surface area contributed by atoms with Crippen LogP contribution in [0.15, 0.2) is 0 Å². The summed E-state index contributed by atoms with van der Waals surface area (Å²) in [6.45, 7) is 3.49. The molecule has 1 saturated heterocycles. The Morgan fingerprint density at radius 2 is 1.94 bits per heavy atom. The van der Waals surface area contributed by atoms with Gasteiger partial charge in [-0.1, -0.05) is 0 Å². The molecule has 2 atom stereocenters. The molecule has 1 N–H and O–H groups in total. The molecule has 98 valence electrons. The van der Waals surface area contributed by atoms with E-state index in [1.165, 1.54) is 4.90 Å². The molecule has 0 radical (unpaired) electrons. The third kappa shape index (κ3) is 3.99. The predicted octanol–water partition coefficient (Wildman–Crippen LogP) is -0.843. The number of rotatable bonds is 3. The maximum absolute atomic E-state index is 11.9. The minimum atomic E-state index is -3.11. The van der Waals surface area contributed by atoms with Crippen molar-refractivity contribution < 1.29 is 18.0 Å². The zero-order valence-corrected chi connectivity index (χ0v) is 11.1. The lowest BCUT2D eigenvalue weighted by molar-refractivity contribution is -0.134. The standard InChI is InChI=1S/C10H18N2O4S/c1-7-6-9(13)11-8(2)10(14)12(7)4-5-17(3,15)16/h7-8H,4-6H2,1-3H3,(H,11,13). The molecule has 0 bridgehead atoms. The Morgan fingerprint density at radius 1 is 1.35 bits per heavy atom. The van der Waals surface area contributed by atoms with Crippen molar-refractivity contribution in [2.24, 2.45) is 0 Å². The molecule has 2 unspecified atom stereocenters. The molecular formula is C10H18N2O4S. The number of carbonyl (C=O) groups excluding carboxylic acids is 2. The van der Waals surface area contributed by atoms with Gasteiger partial charge in [-0.3, -0.25) is 9.59 Å². The Balaban J connectivity index is 2.79. The van der Waals surface area contributed by atoms with Crippen LogP contribution in [0.2, 0.25) is 0 Å². The second kappa shape index (κ2) is 5.03. The zero-order chi connectivity index (χ0) is 13.2. The summed E-state index contributed by atoms with van der Waals surface area (Å²) >= 11 is 0. The minimum Gasteiger partial charge on any atom is -0.345 e. The fourth-order valence-electron chi connectivity index (χ4n) is 1.80. The highest BCUT2D eigenvalue weighted by atomic mass is 32.2. The van der Waals surface area contributed by atoms with Crippen LogP contribution < -0.4 is 5.32 Å². The Bertz CT molecular complexity index is 418. The average Bonchev–Trinajstić information content (AvgIpc) is 2.22.